The molecular formula is C10H20N2OS. The molecule has 0 aromatic rings. The third-order valence-corrected chi connectivity index (χ3v) is 3.24. The maximum absolute atomic E-state index is 5.24. The van der Waals surface area contributed by atoms with E-state index in [4.69, 9.17) is 4.74 Å². The Labute approximate surface area is 90.7 Å². The lowest BCUT2D eigenvalue weighted by Gasteiger charge is -2.04. The van der Waals surface area contributed by atoms with Crippen LogP contribution >= 0.6 is 11.8 Å². The molecular weight excluding hydrogens is 196 g/mol. The smallest absolute Gasteiger partial charge is 0.156 e. The largest absolute Gasteiger partial charge is 0.382 e. The van der Waals surface area contributed by atoms with Gasteiger partial charge in [-0.2, -0.15) is 0 Å². The number of thioether (sulfide) groups is 1. The number of hydrogen-bond donors (Lipinski definition) is 1. The van der Waals surface area contributed by atoms with Crippen molar-refractivity contribution in [3.63, 3.8) is 0 Å². The summed E-state index contributed by atoms with van der Waals surface area (Å²) < 4.78 is 5.24. The highest BCUT2D eigenvalue weighted by Gasteiger charge is 2.17. The number of hydrogen-bond acceptors (Lipinski definition) is 3. The van der Waals surface area contributed by atoms with Crippen molar-refractivity contribution in [1.82, 2.24) is 5.32 Å². The highest BCUT2D eigenvalue weighted by Crippen LogP contribution is 2.15. The molecule has 1 aliphatic rings. The van der Waals surface area contributed by atoms with E-state index in [0.717, 1.165) is 31.3 Å². The average molecular weight is 216 g/mol. The summed E-state index contributed by atoms with van der Waals surface area (Å²) in [7, 11) is 0. The fourth-order valence-electron chi connectivity index (χ4n) is 1.24. The fraction of sp³-hybridized carbons (Fsp3) is 0.900. The minimum atomic E-state index is 0.630. The van der Waals surface area contributed by atoms with Gasteiger partial charge in [0.25, 0.3) is 0 Å². The molecule has 1 fully saturated rings. The number of rotatable bonds is 6. The third-order valence-electron chi connectivity index (χ3n) is 2.15. The minimum Gasteiger partial charge on any atom is -0.382 e. The summed E-state index contributed by atoms with van der Waals surface area (Å²) in [5, 5.41) is 4.52. The Morgan fingerprint density at radius 1 is 1.57 bits per heavy atom. The van der Waals surface area contributed by atoms with Gasteiger partial charge in [0.05, 0.1) is 0 Å². The minimum absolute atomic E-state index is 0.630. The van der Waals surface area contributed by atoms with Crippen molar-refractivity contribution in [3.05, 3.63) is 0 Å². The number of aliphatic imine (C=N–C) groups is 1. The van der Waals surface area contributed by atoms with E-state index in [1.807, 2.05) is 18.7 Å². The van der Waals surface area contributed by atoms with Crippen LogP contribution in [0.3, 0.4) is 0 Å². The monoisotopic (exact) mass is 216 g/mol. The topological polar surface area (TPSA) is 33.6 Å². The number of nitrogens with zero attached hydrogens (tertiary/aromatic N) is 1. The maximum atomic E-state index is 5.24. The van der Waals surface area contributed by atoms with Gasteiger partial charge in [-0.05, 0) is 19.8 Å². The van der Waals surface area contributed by atoms with Crippen LogP contribution in [0.4, 0.5) is 0 Å². The summed E-state index contributed by atoms with van der Waals surface area (Å²) in [5.41, 5.74) is 0. The molecule has 1 N–H and O–H groups in total. The van der Waals surface area contributed by atoms with Gasteiger partial charge in [-0.3, -0.25) is 4.99 Å². The van der Waals surface area contributed by atoms with Crippen LogP contribution in [0.25, 0.3) is 0 Å². The summed E-state index contributed by atoms with van der Waals surface area (Å²) in [6, 6.07) is 0.630. The first-order valence-corrected chi connectivity index (χ1v) is 6.36. The van der Waals surface area contributed by atoms with Gasteiger partial charge in [0.15, 0.2) is 5.17 Å². The van der Waals surface area contributed by atoms with Crippen LogP contribution in [-0.2, 0) is 4.74 Å². The second-order valence-electron chi connectivity index (χ2n) is 3.30. The molecule has 0 saturated carbocycles. The van der Waals surface area contributed by atoms with Crippen LogP contribution in [0.5, 0.6) is 0 Å². The molecule has 0 amide bonds. The summed E-state index contributed by atoms with van der Waals surface area (Å²) in [5.74, 6) is 1.17. The molecule has 4 heteroatoms. The SMILES string of the molecule is CCOCCCN=C1NC(CC)CS1. The highest BCUT2D eigenvalue weighted by molar-refractivity contribution is 8.14. The molecule has 0 aromatic carbocycles. The summed E-state index contributed by atoms with van der Waals surface area (Å²) in [4.78, 5) is 4.48. The van der Waals surface area contributed by atoms with Gasteiger partial charge >= 0.3 is 0 Å². The maximum Gasteiger partial charge on any atom is 0.156 e. The summed E-state index contributed by atoms with van der Waals surface area (Å²) >= 11 is 1.84. The Hall–Kier alpha value is -0.220. The van der Waals surface area contributed by atoms with E-state index in [9.17, 15) is 0 Å². The van der Waals surface area contributed by atoms with Crippen molar-refractivity contribution < 1.29 is 4.74 Å². The molecule has 1 heterocycles. The van der Waals surface area contributed by atoms with Crippen LogP contribution in [-0.4, -0.2) is 36.7 Å². The van der Waals surface area contributed by atoms with Gasteiger partial charge < -0.3 is 10.1 Å². The van der Waals surface area contributed by atoms with Crippen molar-refractivity contribution in [1.29, 1.82) is 0 Å². The van der Waals surface area contributed by atoms with Gasteiger partial charge in [0.1, 0.15) is 0 Å². The first-order chi connectivity index (χ1) is 6.86. The van der Waals surface area contributed by atoms with Crippen molar-refractivity contribution in [2.45, 2.75) is 32.7 Å². The van der Waals surface area contributed by atoms with Crippen LogP contribution < -0.4 is 5.32 Å². The highest BCUT2D eigenvalue weighted by atomic mass is 32.2. The van der Waals surface area contributed by atoms with Gasteiger partial charge in [-0.15, -0.1) is 0 Å². The van der Waals surface area contributed by atoms with Crippen LogP contribution in [0.1, 0.15) is 26.7 Å². The normalized spacial score (nSPS) is 24.1. The molecule has 1 saturated heterocycles. The molecule has 0 aromatic heterocycles. The van der Waals surface area contributed by atoms with E-state index in [1.165, 1.54) is 12.2 Å². The van der Waals surface area contributed by atoms with E-state index >= 15 is 0 Å². The molecule has 3 nitrogen and oxygen atoms in total. The summed E-state index contributed by atoms with van der Waals surface area (Å²) in [6.07, 6.45) is 2.21. The molecule has 1 rings (SSSR count). The molecule has 0 aliphatic carbocycles. The van der Waals surface area contributed by atoms with Crippen LogP contribution in [0.2, 0.25) is 0 Å². The van der Waals surface area contributed by atoms with E-state index in [-0.39, 0.29) is 0 Å². The molecule has 0 bridgehead atoms. The van der Waals surface area contributed by atoms with E-state index < -0.39 is 0 Å². The Balaban J connectivity index is 2.07. The number of amidine groups is 1. The van der Waals surface area contributed by atoms with Crippen molar-refractivity contribution in [3.8, 4) is 0 Å². The zero-order valence-corrected chi connectivity index (χ0v) is 9.90. The standard InChI is InChI=1S/C10H20N2OS/c1-3-9-8-14-10(12-9)11-6-5-7-13-4-2/h9H,3-8H2,1-2H3,(H,11,12). The predicted octanol–water partition coefficient (Wildman–Crippen LogP) is 1.88. The zero-order chi connectivity index (χ0) is 10.2. The Morgan fingerprint density at radius 2 is 2.43 bits per heavy atom. The van der Waals surface area contributed by atoms with Crippen molar-refractivity contribution in [2.24, 2.45) is 4.99 Å². The van der Waals surface area contributed by atoms with Crippen LogP contribution in [0, 0.1) is 0 Å². The molecule has 1 unspecified atom stereocenters. The lowest BCUT2D eigenvalue weighted by Crippen LogP contribution is -2.25. The van der Waals surface area contributed by atoms with E-state index in [0.29, 0.717) is 6.04 Å². The lowest BCUT2D eigenvalue weighted by atomic mass is 10.3. The van der Waals surface area contributed by atoms with Crippen molar-refractivity contribution in [2.75, 3.05) is 25.5 Å². The second kappa shape index (κ2) is 7.12. The fourth-order valence-corrected chi connectivity index (χ4v) is 2.35. The lowest BCUT2D eigenvalue weighted by molar-refractivity contribution is 0.146. The first kappa shape index (κ1) is 11.9. The molecule has 0 radical (unpaired) electrons. The summed E-state index contributed by atoms with van der Waals surface area (Å²) in [6.45, 7) is 6.74. The Bertz CT molecular complexity index is 185. The molecule has 1 aliphatic heterocycles. The van der Waals surface area contributed by atoms with E-state index in [1.54, 1.807) is 0 Å². The molecule has 82 valence electrons. The van der Waals surface area contributed by atoms with Gasteiger partial charge in [-0.1, -0.05) is 18.7 Å². The molecule has 1 atom stereocenters. The second-order valence-corrected chi connectivity index (χ2v) is 4.31. The van der Waals surface area contributed by atoms with Gasteiger partial charge in [0.2, 0.25) is 0 Å². The first-order valence-electron chi connectivity index (χ1n) is 5.38. The van der Waals surface area contributed by atoms with Gasteiger partial charge in [0, 0.05) is 31.6 Å². The quantitative estimate of drug-likeness (QED) is 0.688. The third kappa shape index (κ3) is 4.33. The predicted molar refractivity (Wildman–Crippen MR) is 63.1 cm³/mol. The number of nitrogens with one attached hydrogen (secondary N) is 1. The Kier molecular flexibility index (Phi) is 6.03. The Morgan fingerprint density at radius 3 is 3.07 bits per heavy atom. The van der Waals surface area contributed by atoms with Gasteiger partial charge in [-0.25, -0.2) is 0 Å². The van der Waals surface area contributed by atoms with E-state index in [2.05, 4.69) is 17.2 Å². The zero-order valence-electron chi connectivity index (χ0n) is 9.08. The molecule has 0 spiro atoms. The van der Waals surface area contributed by atoms with Crippen LogP contribution in [0.15, 0.2) is 4.99 Å². The molecule has 14 heavy (non-hydrogen) atoms. The average Bonchev–Trinajstić information content (AvgIpc) is 2.65. The van der Waals surface area contributed by atoms with Crippen molar-refractivity contribution >= 4 is 16.9 Å². The number of ether oxygens (including phenoxy) is 1.